The Morgan fingerprint density at radius 3 is 2.45 bits per heavy atom. The molecule has 3 fully saturated rings. The minimum Gasteiger partial charge on any atom is -0.303 e. The van der Waals surface area contributed by atoms with Crippen LogP contribution < -0.4 is 5.32 Å². The molecule has 0 aromatic heterocycles. The highest BCUT2D eigenvalue weighted by atomic mass is 15.2. The quantitative estimate of drug-likeness (QED) is 0.776. The minimum atomic E-state index is -0.253. The number of hydrogen-bond acceptors (Lipinski definition) is 3. The van der Waals surface area contributed by atoms with Crippen molar-refractivity contribution >= 4 is 0 Å². The maximum Gasteiger partial charge on any atom is 0.106 e. The van der Waals surface area contributed by atoms with E-state index < -0.39 is 0 Å². The highest BCUT2D eigenvalue weighted by Gasteiger charge is 2.37. The normalized spacial score (nSPS) is 32.8. The standard InChI is InChI=1S/C17H29N3/c1-2-17(13-18,19-16-7-8-16)9-4-10-20-11-14-5-3-6-15(14)12-20/h14-16,19H,2-12H2,1H3. The fourth-order valence-corrected chi connectivity index (χ4v) is 4.26. The first-order valence-electron chi connectivity index (χ1n) is 8.66. The number of hydrogen-bond donors (Lipinski definition) is 1. The van der Waals surface area contributed by atoms with Gasteiger partial charge in [0.25, 0.3) is 0 Å². The molecule has 3 atom stereocenters. The number of likely N-dealkylation sites (tertiary alicyclic amines) is 1. The van der Waals surface area contributed by atoms with E-state index in [1.807, 2.05) is 0 Å². The van der Waals surface area contributed by atoms with Crippen LogP contribution in [0.4, 0.5) is 0 Å². The van der Waals surface area contributed by atoms with E-state index in [0.717, 1.165) is 24.7 Å². The molecule has 1 aliphatic heterocycles. The molecule has 1 heterocycles. The fourth-order valence-electron chi connectivity index (χ4n) is 4.26. The third-order valence-electron chi connectivity index (χ3n) is 5.76. The highest BCUT2D eigenvalue weighted by molar-refractivity contribution is 5.09. The Hall–Kier alpha value is -0.590. The summed E-state index contributed by atoms with van der Waals surface area (Å²) in [5.41, 5.74) is -0.253. The van der Waals surface area contributed by atoms with Gasteiger partial charge in [0.2, 0.25) is 0 Å². The van der Waals surface area contributed by atoms with Crippen LogP contribution in [0.1, 0.15) is 58.3 Å². The molecule has 20 heavy (non-hydrogen) atoms. The molecule has 2 aliphatic carbocycles. The van der Waals surface area contributed by atoms with Crippen molar-refractivity contribution in [2.75, 3.05) is 19.6 Å². The van der Waals surface area contributed by atoms with E-state index in [0.29, 0.717) is 6.04 Å². The van der Waals surface area contributed by atoms with Crippen molar-refractivity contribution in [2.45, 2.75) is 69.9 Å². The smallest absolute Gasteiger partial charge is 0.106 e. The monoisotopic (exact) mass is 275 g/mol. The average molecular weight is 275 g/mol. The largest absolute Gasteiger partial charge is 0.303 e. The lowest BCUT2D eigenvalue weighted by Gasteiger charge is -2.28. The molecule has 0 bridgehead atoms. The Morgan fingerprint density at radius 1 is 1.20 bits per heavy atom. The summed E-state index contributed by atoms with van der Waals surface area (Å²) in [5, 5.41) is 13.1. The van der Waals surface area contributed by atoms with Gasteiger partial charge in [0.05, 0.1) is 6.07 Å². The van der Waals surface area contributed by atoms with E-state index in [9.17, 15) is 5.26 Å². The summed E-state index contributed by atoms with van der Waals surface area (Å²) in [4.78, 5) is 2.66. The van der Waals surface area contributed by atoms with E-state index in [1.165, 1.54) is 58.2 Å². The lowest BCUT2D eigenvalue weighted by molar-refractivity contribution is 0.278. The second kappa shape index (κ2) is 6.03. The van der Waals surface area contributed by atoms with Crippen LogP contribution in [0, 0.1) is 23.2 Å². The lowest BCUT2D eigenvalue weighted by Crippen LogP contribution is -2.45. The average Bonchev–Trinajstić information content (AvgIpc) is 3.01. The number of fused-ring (bicyclic) bond motifs is 1. The SMILES string of the molecule is CCC(C#N)(CCCN1CC2CCCC2C1)NC1CC1. The van der Waals surface area contributed by atoms with Crippen molar-refractivity contribution in [3.8, 4) is 6.07 Å². The number of nitrogens with zero attached hydrogens (tertiary/aromatic N) is 2. The molecule has 3 unspecified atom stereocenters. The summed E-state index contributed by atoms with van der Waals surface area (Å²) >= 11 is 0. The molecular formula is C17H29N3. The highest BCUT2D eigenvalue weighted by Crippen LogP contribution is 2.37. The van der Waals surface area contributed by atoms with Gasteiger partial charge in [-0.2, -0.15) is 5.26 Å². The second-order valence-corrected chi connectivity index (χ2v) is 7.28. The van der Waals surface area contributed by atoms with Crippen molar-refractivity contribution in [2.24, 2.45) is 11.8 Å². The molecule has 0 amide bonds. The van der Waals surface area contributed by atoms with Crippen LogP contribution in [-0.2, 0) is 0 Å². The van der Waals surface area contributed by atoms with Gasteiger partial charge in [0.15, 0.2) is 0 Å². The zero-order chi connectivity index (χ0) is 14.0. The van der Waals surface area contributed by atoms with Crippen molar-refractivity contribution in [3.63, 3.8) is 0 Å². The Morgan fingerprint density at radius 2 is 1.90 bits per heavy atom. The van der Waals surface area contributed by atoms with Crippen molar-refractivity contribution in [1.82, 2.24) is 10.2 Å². The Labute approximate surface area is 123 Å². The first-order valence-corrected chi connectivity index (χ1v) is 8.66. The zero-order valence-corrected chi connectivity index (χ0v) is 12.9. The molecule has 3 aliphatic rings. The first kappa shape index (κ1) is 14.4. The van der Waals surface area contributed by atoms with Gasteiger partial charge in [-0.05, 0) is 63.3 Å². The van der Waals surface area contributed by atoms with Crippen molar-refractivity contribution < 1.29 is 0 Å². The van der Waals surface area contributed by atoms with E-state index in [-0.39, 0.29) is 5.54 Å². The van der Waals surface area contributed by atoms with Crippen molar-refractivity contribution in [3.05, 3.63) is 0 Å². The molecule has 0 aromatic carbocycles. The van der Waals surface area contributed by atoms with Crippen LogP contribution in [0.3, 0.4) is 0 Å². The summed E-state index contributed by atoms with van der Waals surface area (Å²) in [6.07, 6.45) is 10.0. The minimum absolute atomic E-state index is 0.253. The van der Waals surface area contributed by atoms with E-state index in [2.05, 4.69) is 23.2 Å². The van der Waals surface area contributed by atoms with E-state index >= 15 is 0 Å². The third-order valence-corrected chi connectivity index (χ3v) is 5.76. The molecule has 0 aromatic rings. The molecule has 0 radical (unpaired) electrons. The fraction of sp³-hybridized carbons (Fsp3) is 0.941. The van der Waals surface area contributed by atoms with Crippen LogP contribution >= 0.6 is 0 Å². The summed E-state index contributed by atoms with van der Waals surface area (Å²) < 4.78 is 0. The molecular weight excluding hydrogens is 246 g/mol. The van der Waals surface area contributed by atoms with Gasteiger partial charge >= 0.3 is 0 Å². The van der Waals surface area contributed by atoms with Crippen LogP contribution in [0.2, 0.25) is 0 Å². The van der Waals surface area contributed by atoms with E-state index in [1.54, 1.807) is 0 Å². The summed E-state index contributed by atoms with van der Waals surface area (Å²) in [6, 6.07) is 3.20. The first-order chi connectivity index (χ1) is 9.74. The van der Waals surface area contributed by atoms with Gasteiger partial charge in [-0.3, -0.25) is 5.32 Å². The Kier molecular flexibility index (Phi) is 4.33. The zero-order valence-electron chi connectivity index (χ0n) is 12.9. The summed E-state index contributed by atoms with van der Waals surface area (Å²) in [5.74, 6) is 1.98. The molecule has 112 valence electrons. The van der Waals surface area contributed by atoms with Gasteiger partial charge in [-0.1, -0.05) is 13.3 Å². The summed E-state index contributed by atoms with van der Waals surface area (Å²) in [7, 11) is 0. The Bertz CT molecular complexity index is 359. The molecule has 3 heteroatoms. The lowest BCUT2D eigenvalue weighted by atomic mass is 9.91. The second-order valence-electron chi connectivity index (χ2n) is 7.28. The molecule has 3 nitrogen and oxygen atoms in total. The number of rotatable bonds is 7. The Balaban J connectivity index is 1.42. The predicted molar refractivity (Wildman–Crippen MR) is 81.3 cm³/mol. The molecule has 2 saturated carbocycles. The third kappa shape index (κ3) is 3.18. The molecule has 0 spiro atoms. The van der Waals surface area contributed by atoms with Gasteiger partial charge in [0.1, 0.15) is 5.54 Å². The number of nitriles is 1. The molecule has 1 N–H and O–H groups in total. The van der Waals surface area contributed by atoms with E-state index in [4.69, 9.17) is 0 Å². The van der Waals surface area contributed by atoms with Crippen LogP contribution in [0.15, 0.2) is 0 Å². The van der Waals surface area contributed by atoms with Gasteiger partial charge in [0, 0.05) is 19.1 Å². The summed E-state index contributed by atoms with van der Waals surface area (Å²) in [6.45, 7) is 6.00. The molecule has 3 rings (SSSR count). The van der Waals surface area contributed by atoms with Gasteiger partial charge in [-0.25, -0.2) is 0 Å². The maximum absolute atomic E-state index is 9.55. The topological polar surface area (TPSA) is 39.1 Å². The maximum atomic E-state index is 9.55. The number of nitrogens with one attached hydrogen (secondary N) is 1. The van der Waals surface area contributed by atoms with Crippen LogP contribution in [-0.4, -0.2) is 36.1 Å². The van der Waals surface area contributed by atoms with Gasteiger partial charge < -0.3 is 4.90 Å². The predicted octanol–water partition coefficient (Wildman–Crippen LogP) is 2.92. The van der Waals surface area contributed by atoms with Gasteiger partial charge in [-0.15, -0.1) is 0 Å². The van der Waals surface area contributed by atoms with Crippen LogP contribution in [0.5, 0.6) is 0 Å². The van der Waals surface area contributed by atoms with Crippen LogP contribution in [0.25, 0.3) is 0 Å². The van der Waals surface area contributed by atoms with Crippen molar-refractivity contribution in [1.29, 1.82) is 5.26 Å². The molecule has 1 saturated heterocycles.